The number of allylic oxidation sites excluding steroid dienone is 1. The van der Waals surface area contributed by atoms with Gasteiger partial charge in [0.15, 0.2) is 0 Å². The Hall–Kier alpha value is -2.08. The minimum Gasteiger partial charge on any atom is -0.444 e. The minimum atomic E-state index is -1.58. The van der Waals surface area contributed by atoms with E-state index in [4.69, 9.17) is 9.47 Å². The lowest BCUT2D eigenvalue weighted by Gasteiger charge is -2.20. The summed E-state index contributed by atoms with van der Waals surface area (Å²) < 4.78 is 10.0. The summed E-state index contributed by atoms with van der Waals surface area (Å²) in [5.41, 5.74) is -0.596. The van der Waals surface area contributed by atoms with Gasteiger partial charge >= 0.3 is 12.1 Å². The zero-order valence-electron chi connectivity index (χ0n) is 15.1. The molecule has 24 heavy (non-hydrogen) atoms. The van der Waals surface area contributed by atoms with E-state index >= 15 is 0 Å². The van der Waals surface area contributed by atoms with E-state index in [0.717, 1.165) is 6.04 Å². The topological polar surface area (TPSA) is 64.6 Å². The second-order valence-corrected chi connectivity index (χ2v) is 11.9. The summed E-state index contributed by atoms with van der Waals surface area (Å²) in [6.45, 7) is 9.57. The third-order valence-corrected chi connectivity index (χ3v) is 6.41. The van der Waals surface area contributed by atoms with Crippen LogP contribution in [-0.2, 0) is 14.3 Å². The fourth-order valence-corrected chi connectivity index (χ4v) is 3.99. The highest BCUT2D eigenvalue weighted by Gasteiger charge is 2.21. The molecule has 0 aliphatic rings. The van der Waals surface area contributed by atoms with Crippen LogP contribution in [0.3, 0.4) is 0 Å². The van der Waals surface area contributed by atoms with Crippen molar-refractivity contribution in [2.75, 3.05) is 6.54 Å². The van der Waals surface area contributed by atoms with Crippen LogP contribution in [0.15, 0.2) is 42.7 Å². The van der Waals surface area contributed by atoms with Crippen molar-refractivity contribution in [3.8, 4) is 0 Å². The number of amides is 1. The molecule has 0 aromatic heterocycles. The molecule has 0 heterocycles. The summed E-state index contributed by atoms with van der Waals surface area (Å²) in [6, 6.07) is 11.2. The molecule has 1 rings (SSSR count). The number of rotatable bonds is 6. The van der Waals surface area contributed by atoms with E-state index in [0.29, 0.717) is 0 Å². The van der Waals surface area contributed by atoms with Crippen molar-refractivity contribution < 1.29 is 19.1 Å². The monoisotopic (exact) mass is 349 g/mol. The molecule has 1 amide bonds. The molecule has 0 saturated carbocycles. The second-order valence-electron chi connectivity index (χ2n) is 7.17. The lowest BCUT2D eigenvalue weighted by atomic mass is 10.2. The zero-order valence-corrected chi connectivity index (χ0v) is 16.1. The van der Waals surface area contributed by atoms with Crippen LogP contribution in [0.25, 0.3) is 0 Å². The van der Waals surface area contributed by atoms with Gasteiger partial charge in [0, 0.05) is 0 Å². The van der Waals surface area contributed by atoms with Gasteiger partial charge in [-0.1, -0.05) is 54.7 Å². The maximum absolute atomic E-state index is 11.6. The fourth-order valence-electron chi connectivity index (χ4n) is 1.97. The number of esters is 1. The third kappa shape index (κ3) is 7.96. The first-order chi connectivity index (χ1) is 11.1. The first-order valence-corrected chi connectivity index (χ1v) is 11.2. The van der Waals surface area contributed by atoms with Gasteiger partial charge in [0.25, 0.3) is 0 Å². The Labute approximate surface area is 145 Å². The standard InChI is InChI=1S/C18H27NO4Si/c1-18(2,3)23-17(21)19-14-16(20)22-12-9-13-24(4,5)15-10-7-6-8-11-15/h6-12H,13-14H2,1-5H3,(H,19,21)/b12-9+. The maximum atomic E-state index is 11.6. The average molecular weight is 350 g/mol. The number of alkyl carbamates (subject to hydrolysis) is 1. The summed E-state index contributed by atoms with van der Waals surface area (Å²) in [6.07, 6.45) is 2.63. The molecule has 0 aliphatic carbocycles. The van der Waals surface area contributed by atoms with Crippen molar-refractivity contribution in [3.05, 3.63) is 42.7 Å². The molecule has 0 unspecified atom stereocenters. The van der Waals surface area contributed by atoms with Gasteiger partial charge < -0.3 is 14.8 Å². The highest BCUT2D eigenvalue weighted by atomic mass is 28.3. The van der Waals surface area contributed by atoms with Gasteiger partial charge in [-0.25, -0.2) is 9.59 Å². The molecule has 0 fully saturated rings. The summed E-state index contributed by atoms with van der Waals surface area (Å²) >= 11 is 0. The van der Waals surface area contributed by atoms with Crippen LogP contribution in [0.1, 0.15) is 20.8 Å². The third-order valence-electron chi connectivity index (χ3n) is 3.26. The molecule has 0 spiro atoms. The van der Waals surface area contributed by atoms with Crippen LogP contribution in [0.2, 0.25) is 19.1 Å². The Bertz CT molecular complexity index is 576. The molecule has 6 heteroatoms. The number of benzene rings is 1. The van der Waals surface area contributed by atoms with E-state index in [1.807, 2.05) is 24.3 Å². The van der Waals surface area contributed by atoms with Crippen LogP contribution in [0, 0.1) is 0 Å². The highest BCUT2D eigenvalue weighted by Crippen LogP contribution is 2.10. The molecule has 0 radical (unpaired) electrons. The van der Waals surface area contributed by atoms with E-state index in [1.165, 1.54) is 11.4 Å². The van der Waals surface area contributed by atoms with Crippen LogP contribution >= 0.6 is 0 Å². The molecule has 0 bridgehead atoms. The molecule has 132 valence electrons. The van der Waals surface area contributed by atoms with Gasteiger partial charge in [-0.05, 0) is 26.8 Å². The van der Waals surface area contributed by atoms with Gasteiger partial charge in [-0.15, -0.1) is 0 Å². The van der Waals surface area contributed by atoms with Crippen molar-refractivity contribution in [1.29, 1.82) is 0 Å². The van der Waals surface area contributed by atoms with Crippen LogP contribution in [0.4, 0.5) is 4.79 Å². The predicted molar refractivity (Wildman–Crippen MR) is 97.8 cm³/mol. The molecule has 0 atom stereocenters. The molecule has 0 saturated heterocycles. The Morgan fingerprint density at radius 1 is 1.17 bits per heavy atom. The van der Waals surface area contributed by atoms with Gasteiger partial charge in [-0.3, -0.25) is 0 Å². The zero-order chi connectivity index (χ0) is 18.2. The van der Waals surface area contributed by atoms with Gasteiger partial charge in [0.2, 0.25) is 0 Å². The summed E-state index contributed by atoms with van der Waals surface area (Å²) in [4.78, 5) is 23.0. The molecular formula is C18H27NO4Si. The first-order valence-electron chi connectivity index (χ1n) is 7.97. The van der Waals surface area contributed by atoms with Crippen molar-refractivity contribution in [1.82, 2.24) is 5.32 Å². The molecule has 1 aromatic carbocycles. The molecule has 0 aliphatic heterocycles. The van der Waals surface area contributed by atoms with Gasteiger partial charge in [0.05, 0.1) is 14.3 Å². The van der Waals surface area contributed by atoms with E-state index in [2.05, 4.69) is 30.5 Å². The number of carbonyl (C=O) groups is 2. The smallest absolute Gasteiger partial charge is 0.408 e. The molecular weight excluding hydrogens is 322 g/mol. The molecule has 1 aromatic rings. The van der Waals surface area contributed by atoms with Crippen molar-refractivity contribution >= 4 is 25.3 Å². The lowest BCUT2D eigenvalue weighted by Crippen LogP contribution is -2.40. The Kier molecular flexibility index (Phi) is 7.22. The van der Waals surface area contributed by atoms with E-state index < -0.39 is 25.7 Å². The average Bonchev–Trinajstić information content (AvgIpc) is 2.49. The number of carbonyl (C=O) groups excluding carboxylic acids is 2. The van der Waals surface area contributed by atoms with Crippen LogP contribution < -0.4 is 10.5 Å². The predicted octanol–water partition coefficient (Wildman–Crippen LogP) is 3.18. The maximum Gasteiger partial charge on any atom is 0.408 e. The normalized spacial score (nSPS) is 12.0. The number of hydrogen-bond donors (Lipinski definition) is 1. The lowest BCUT2D eigenvalue weighted by molar-refractivity contribution is -0.137. The number of ether oxygens (including phenoxy) is 2. The first kappa shape index (κ1) is 20.0. The van der Waals surface area contributed by atoms with E-state index in [-0.39, 0.29) is 6.54 Å². The van der Waals surface area contributed by atoms with Crippen LogP contribution in [0.5, 0.6) is 0 Å². The quantitative estimate of drug-likeness (QED) is 0.487. The Morgan fingerprint density at radius 3 is 2.38 bits per heavy atom. The SMILES string of the molecule is CC(C)(C)OC(=O)NCC(=O)O/C=C/C[Si](C)(C)c1ccccc1. The largest absolute Gasteiger partial charge is 0.444 e. The van der Waals surface area contributed by atoms with Gasteiger partial charge in [0.1, 0.15) is 12.1 Å². The van der Waals surface area contributed by atoms with Crippen molar-refractivity contribution in [2.24, 2.45) is 0 Å². The summed E-state index contributed by atoms with van der Waals surface area (Å²) in [5.74, 6) is -0.531. The van der Waals surface area contributed by atoms with Crippen molar-refractivity contribution in [3.63, 3.8) is 0 Å². The van der Waals surface area contributed by atoms with Crippen LogP contribution in [-0.4, -0.2) is 32.3 Å². The minimum absolute atomic E-state index is 0.223. The fraction of sp³-hybridized carbons (Fsp3) is 0.444. The summed E-state index contributed by atoms with van der Waals surface area (Å²) in [7, 11) is -1.58. The second kappa shape index (κ2) is 8.68. The Morgan fingerprint density at radius 2 is 1.79 bits per heavy atom. The van der Waals surface area contributed by atoms with E-state index in [1.54, 1.807) is 20.8 Å². The molecule has 1 N–H and O–H groups in total. The van der Waals surface area contributed by atoms with Gasteiger partial charge in [-0.2, -0.15) is 0 Å². The summed E-state index contributed by atoms with van der Waals surface area (Å²) in [5, 5.41) is 3.72. The van der Waals surface area contributed by atoms with Crippen molar-refractivity contribution in [2.45, 2.75) is 45.5 Å². The highest BCUT2D eigenvalue weighted by molar-refractivity contribution is 6.90. The molecule has 5 nitrogen and oxygen atoms in total. The number of nitrogens with one attached hydrogen (secondary N) is 1. The number of hydrogen-bond acceptors (Lipinski definition) is 4. The van der Waals surface area contributed by atoms with E-state index in [9.17, 15) is 9.59 Å². The Balaban J connectivity index is 2.34.